The van der Waals surface area contributed by atoms with Crippen LogP contribution in [0.5, 0.6) is 11.6 Å². The number of carbonyl (C=O) groups excluding carboxylic acids is 4. The van der Waals surface area contributed by atoms with Crippen molar-refractivity contribution in [1.29, 1.82) is 0 Å². The molecule has 22 heteroatoms. The smallest absolute Gasteiger partial charge is 0.543 e. The number of hydrogen-bond donors (Lipinski definition) is 7. The predicted molar refractivity (Wildman–Crippen MR) is 170 cm³/mol. The van der Waals surface area contributed by atoms with Crippen LogP contribution >= 0.6 is 23.5 Å². The van der Waals surface area contributed by atoms with Crippen LogP contribution in [0.4, 0.5) is 16.4 Å². The molecule has 4 amide bonds. The standard InChI is InChI=1S/C28H31N11O8S2.Na/c29-26(47)38(17-9-30-27(33-21(17)42)31-14-3-7-16(41)8-4-14)19(12-1-5-15(40)6-2-12)22(43)32-18-23(44)39-20(25(45)46)13(10-48-24(18)39)11-49-28-34-36-37-35-28;/h1-2,5-6,9,14,16,18-19,24,40-41H,3-4,7-8,10-11H2,(H2,29,47)(H,32,43)(H,45,46)(H2,30,31,33,42)(H,34,35,36,37);/q;+1/p-1/t14?,16?,18?,19?,24-;/m0./s1. The van der Waals surface area contributed by atoms with Crippen LogP contribution in [0.1, 0.15) is 37.3 Å². The Morgan fingerprint density at radius 1 is 1.18 bits per heavy atom. The normalized spacial score (nSPS) is 22.0. The molecule has 50 heavy (non-hydrogen) atoms. The number of nitrogens with two attached hydrogens (primary N) is 1. The summed E-state index contributed by atoms with van der Waals surface area (Å²) in [6, 6.07) is 1.25. The summed E-state index contributed by atoms with van der Waals surface area (Å²) in [5.41, 5.74) is 5.68. The SMILES string of the molecule is NC(=O)N(c1cnc(NC2CCC(O)CC2)nc1O)C(C(=O)NC1C(=O)N2C(C(=O)[O-])=C(CSc3nnn[nH]3)CS[C@@H]12)c1ccc(O)cc1.[Na+]. The van der Waals surface area contributed by atoms with E-state index in [1.807, 2.05) is 0 Å². The Labute approximate surface area is 314 Å². The Bertz CT molecular complexity index is 1780. The Kier molecular flexibility index (Phi) is 11.7. The molecule has 0 spiro atoms. The van der Waals surface area contributed by atoms with Crippen LogP contribution in [0.15, 0.2) is 46.9 Å². The van der Waals surface area contributed by atoms with Crippen molar-refractivity contribution in [2.24, 2.45) is 5.73 Å². The van der Waals surface area contributed by atoms with Crippen molar-refractivity contribution < 1.29 is 69.2 Å². The number of carbonyl (C=O) groups is 4. The zero-order valence-electron chi connectivity index (χ0n) is 26.4. The fourth-order valence-electron chi connectivity index (χ4n) is 5.85. The molecule has 2 aliphatic heterocycles. The number of phenols is 1. The van der Waals surface area contributed by atoms with E-state index in [0.29, 0.717) is 36.4 Å². The van der Waals surface area contributed by atoms with Crippen molar-refractivity contribution in [2.45, 2.75) is 60.4 Å². The van der Waals surface area contributed by atoms with Crippen molar-refractivity contribution in [3.05, 3.63) is 47.3 Å². The minimum absolute atomic E-state index is 0. The number of fused-ring (bicyclic) bond motifs is 1. The number of phenolic OH excluding ortho intramolecular Hbond substituents is 1. The second kappa shape index (κ2) is 15.8. The number of aliphatic carboxylic acids is 1. The number of thioether (sulfide) groups is 2. The maximum Gasteiger partial charge on any atom is 1.00 e. The number of carboxylic acid groups (broad SMARTS) is 1. The zero-order valence-corrected chi connectivity index (χ0v) is 30.1. The van der Waals surface area contributed by atoms with Gasteiger partial charge in [-0.25, -0.2) is 14.9 Å². The number of tetrazole rings is 1. The van der Waals surface area contributed by atoms with Crippen molar-refractivity contribution in [3.63, 3.8) is 0 Å². The molecule has 2 unspecified atom stereocenters. The summed E-state index contributed by atoms with van der Waals surface area (Å²) in [6.45, 7) is 0. The van der Waals surface area contributed by atoms with Gasteiger partial charge in [0.1, 0.15) is 28.9 Å². The van der Waals surface area contributed by atoms with Gasteiger partial charge in [-0.1, -0.05) is 23.9 Å². The number of amides is 4. The minimum atomic E-state index is -1.60. The number of aromatic nitrogens is 6. The van der Waals surface area contributed by atoms with E-state index in [4.69, 9.17) is 5.73 Å². The number of carboxylic acids is 1. The molecule has 0 radical (unpaired) electrons. The molecule has 2 fully saturated rings. The van der Waals surface area contributed by atoms with Gasteiger partial charge < -0.3 is 41.6 Å². The number of benzene rings is 1. The number of β-lactam (4-membered cyclic amide) rings is 1. The van der Waals surface area contributed by atoms with Gasteiger partial charge in [0.15, 0.2) is 0 Å². The fraction of sp³-hybridized carbons (Fsp3) is 0.393. The Morgan fingerprint density at radius 2 is 1.90 bits per heavy atom. The van der Waals surface area contributed by atoms with Gasteiger partial charge in [-0.05, 0) is 59.4 Å². The number of urea groups is 1. The number of anilines is 2. The molecule has 4 heterocycles. The van der Waals surface area contributed by atoms with E-state index in [9.17, 15) is 39.6 Å². The number of aromatic hydroxyl groups is 2. The summed E-state index contributed by atoms with van der Waals surface area (Å²) >= 11 is 2.36. The summed E-state index contributed by atoms with van der Waals surface area (Å²) in [7, 11) is 0. The topological polar surface area (TPSA) is 289 Å². The molecular weight excluding hydrogens is 706 g/mol. The van der Waals surface area contributed by atoms with Crippen LogP contribution in [0.25, 0.3) is 0 Å². The molecule has 258 valence electrons. The number of aliphatic hydroxyl groups excluding tert-OH is 1. The number of nitrogens with zero attached hydrogens (tertiary/aromatic N) is 7. The predicted octanol–water partition coefficient (Wildman–Crippen LogP) is -4.06. The number of primary amides is 1. The van der Waals surface area contributed by atoms with Crippen LogP contribution in [-0.2, 0) is 14.4 Å². The van der Waals surface area contributed by atoms with Gasteiger partial charge in [-0.2, -0.15) is 4.98 Å². The quantitative estimate of drug-likeness (QED) is 0.0560. The molecule has 3 atom stereocenters. The Balaban J connectivity index is 0.00000486. The number of nitrogens with one attached hydrogen (secondary N) is 3. The third-order valence-electron chi connectivity index (χ3n) is 8.24. The number of hydrogen-bond acceptors (Lipinski definition) is 16. The first-order chi connectivity index (χ1) is 23.5. The minimum Gasteiger partial charge on any atom is -0.543 e. The van der Waals surface area contributed by atoms with E-state index in [1.165, 1.54) is 36.0 Å². The maximum atomic E-state index is 14.0. The van der Waals surface area contributed by atoms with Gasteiger partial charge in [0.2, 0.25) is 22.9 Å². The van der Waals surface area contributed by atoms with Gasteiger partial charge in [0.25, 0.3) is 5.91 Å². The molecule has 19 nitrogen and oxygen atoms in total. The molecule has 1 aromatic carbocycles. The Hall–Kier alpha value is -4.15. The van der Waals surface area contributed by atoms with Gasteiger partial charge in [0.05, 0.1) is 24.0 Å². The van der Waals surface area contributed by atoms with Gasteiger partial charge in [-0.15, -0.1) is 16.9 Å². The first-order valence-electron chi connectivity index (χ1n) is 14.9. The van der Waals surface area contributed by atoms with Crippen LogP contribution in [0.2, 0.25) is 0 Å². The number of H-pyrrole nitrogens is 1. The van der Waals surface area contributed by atoms with E-state index in [0.717, 1.165) is 27.8 Å². The third-order valence-corrected chi connectivity index (χ3v) is 10.5. The summed E-state index contributed by atoms with van der Waals surface area (Å²) in [6.07, 6.45) is 3.23. The van der Waals surface area contributed by atoms with Gasteiger partial charge in [-0.3, -0.25) is 19.4 Å². The van der Waals surface area contributed by atoms with Crippen LogP contribution < -0.4 is 55.9 Å². The zero-order chi connectivity index (χ0) is 34.8. The molecule has 0 bridgehead atoms. The average molecular weight is 736 g/mol. The second-order valence-corrected chi connectivity index (χ2v) is 13.5. The first-order valence-corrected chi connectivity index (χ1v) is 17.0. The summed E-state index contributed by atoms with van der Waals surface area (Å²) in [4.78, 5) is 62.6. The monoisotopic (exact) mass is 735 g/mol. The van der Waals surface area contributed by atoms with Crippen LogP contribution in [-0.4, -0.2) is 110 Å². The average Bonchev–Trinajstić information content (AvgIpc) is 3.60. The maximum absolute atomic E-state index is 14.0. The van der Waals surface area contributed by atoms with E-state index >= 15 is 0 Å². The van der Waals surface area contributed by atoms with Gasteiger partial charge >= 0.3 is 35.6 Å². The summed E-state index contributed by atoms with van der Waals surface area (Å²) < 4.78 is 0. The summed E-state index contributed by atoms with van der Waals surface area (Å²) in [5, 5.41) is 61.3. The van der Waals surface area contributed by atoms with E-state index in [2.05, 4.69) is 41.2 Å². The van der Waals surface area contributed by atoms with E-state index < -0.39 is 47.2 Å². The number of aliphatic hydroxyl groups is 1. The van der Waals surface area contributed by atoms with Crippen molar-refractivity contribution in [3.8, 4) is 11.6 Å². The van der Waals surface area contributed by atoms with Crippen molar-refractivity contribution >= 4 is 59.0 Å². The molecule has 2 aromatic heterocycles. The third kappa shape index (κ3) is 7.76. The number of aromatic amines is 1. The molecule has 1 saturated carbocycles. The van der Waals surface area contributed by atoms with Crippen molar-refractivity contribution in [2.75, 3.05) is 21.7 Å². The molecule has 3 aliphatic rings. The van der Waals surface area contributed by atoms with Gasteiger partial charge in [0, 0.05) is 17.5 Å². The fourth-order valence-corrected chi connectivity index (χ4v) is 8.07. The summed E-state index contributed by atoms with van der Waals surface area (Å²) in [5.74, 6) is -3.59. The van der Waals surface area contributed by atoms with Crippen LogP contribution in [0.3, 0.4) is 0 Å². The molecular formula is C28H30N11NaO8S2. The van der Waals surface area contributed by atoms with E-state index in [1.54, 1.807) is 0 Å². The number of rotatable bonds is 11. The molecule has 6 rings (SSSR count). The molecule has 1 aliphatic carbocycles. The molecule has 3 aromatic rings. The molecule has 1 saturated heterocycles. The van der Waals surface area contributed by atoms with E-state index in [-0.39, 0.29) is 81.9 Å². The van der Waals surface area contributed by atoms with Crippen molar-refractivity contribution in [1.82, 2.24) is 40.8 Å². The Morgan fingerprint density at radius 3 is 2.52 bits per heavy atom. The second-order valence-electron chi connectivity index (χ2n) is 11.4. The van der Waals surface area contributed by atoms with Crippen LogP contribution in [0, 0.1) is 0 Å². The molecule has 8 N–H and O–H groups in total. The first kappa shape index (κ1) is 37.1. The largest absolute Gasteiger partial charge is 1.00 e.